The van der Waals surface area contributed by atoms with E-state index in [0.717, 1.165) is 30.8 Å². The number of fused-ring (bicyclic) bond motifs is 5. The smallest absolute Gasteiger partial charge is 0.233 e. The van der Waals surface area contributed by atoms with Crippen LogP contribution in [0, 0.1) is 35.5 Å². The van der Waals surface area contributed by atoms with Crippen molar-refractivity contribution in [3.63, 3.8) is 0 Å². The molecule has 5 rings (SSSR count). The number of carbonyl (C=O) groups is 2. The lowest BCUT2D eigenvalue weighted by Gasteiger charge is -2.22. The minimum atomic E-state index is -0.101. The molecular weight excluding hydrogens is 364 g/mol. The lowest BCUT2D eigenvalue weighted by atomic mass is 9.85. The largest absolute Gasteiger partial charge is 0.357 e. The molecule has 0 spiro atoms. The summed E-state index contributed by atoms with van der Waals surface area (Å²) in [6.07, 6.45) is 13.5. The van der Waals surface area contributed by atoms with Crippen LogP contribution in [0.25, 0.3) is 0 Å². The fourth-order valence-corrected chi connectivity index (χ4v) is 6.41. The van der Waals surface area contributed by atoms with E-state index in [-0.39, 0.29) is 35.5 Å². The lowest BCUT2D eigenvalue weighted by molar-refractivity contribution is -0.140. The van der Waals surface area contributed by atoms with Crippen LogP contribution in [-0.4, -0.2) is 48.3 Å². The Morgan fingerprint density at radius 2 is 1.76 bits per heavy atom. The molecule has 6 heteroatoms. The van der Waals surface area contributed by atoms with E-state index >= 15 is 0 Å². The van der Waals surface area contributed by atoms with E-state index in [9.17, 15) is 9.59 Å². The number of amides is 2. The molecule has 0 aromatic heterocycles. The van der Waals surface area contributed by atoms with E-state index in [1.807, 2.05) is 0 Å². The number of aliphatic imine (C=N–C) groups is 1. The molecule has 0 aromatic rings. The Bertz CT molecular complexity index is 696. The van der Waals surface area contributed by atoms with Crippen molar-refractivity contribution in [1.29, 1.82) is 0 Å². The van der Waals surface area contributed by atoms with Gasteiger partial charge in [-0.05, 0) is 43.4 Å². The fraction of sp³-hybridized carbons (Fsp3) is 0.783. The van der Waals surface area contributed by atoms with Crippen molar-refractivity contribution in [3.8, 4) is 0 Å². The van der Waals surface area contributed by atoms with Crippen LogP contribution in [0.4, 0.5) is 0 Å². The monoisotopic (exact) mass is 398 g/mol. The van der Waals surface area contributed by atoms with E-state index in [0.29, 0.717) is 19.1 Å². The summed E-state index contributed by atoms with van der Waals surface area (Å²) in [6.45, 7) is 3.75. The molecule has 0 radical (unpaired) electrons. The van der Waals surface area contributed by atoms with Gasteiger partial charge in [0.1, 0.15) is 0 Å². The molecule has 29 heavy (non-hydrogen) atoms. The molecule has 6 atom stereocenters. The molecule has 2 amide bonds. The molecule has 158 valence electrons. The molecular formula is C23H34N4O2. The zero-order chi connectivity index (χ0) is 20.0. The third-order valence-electron chi connectivity index (χ3n) is 7.92. The minimum Gasteiger partial charge on any atom is -0.357 e. The van der Waals surface area contributed by atoms with Gasteiger partial charge in [-0.3, -0.25) is 19.5 Å². The van der Waals surface area contributed by atoms with Gasteiger partial charge in [0.25, 0.3) is 0 Å². The maximum absolute atomic E-state index is 12.8. The summed E-state index contributed by atoms with van der Waals surface area (Å²) < 4.78 is 0. The lowest BCUT2D eigenvalue weighted by Crippen LogP contribution is -2.41. The number of nitrogens with zero attached hydrogens (tertiary/aromatic N) is 2. The van der Waals surface area contributed by atoms with Crippen LogP contribution in [0.15, 0.2) is 17.1 Å². The molecule has 2 N–H and O–H groups in total. The first-order chi connectivity index (χ1) is 14.2. The van der Waals surface area contributed by atoms with Gasteiger partial charge in [-0.25, -0.2) is 0 Å². The van der Waals surface area contributed by atoms with Gasteiger partial charge < -0.3 is 10.6 Å². The average Bonchev–Trinajstić information content (AvgIpc) is 3.06. The number of likely N-dealkylation sites (tertiary alicyclic amines) is 1. The first-order valence-corrected chi connectivity index (χ1v) is 11.8. The second-order valence-electron chi connectivity index (χ2n) is 9.64. The summed E-state index contributed by atoms with van der Waals surface area (Å²) in [5.74, 6) is 2.92. The van der Waals surface area contributed by atoms with Crippen molar-refractivity contribution in [2.24, 2.45) is 40.5 Å². The second kappa shape index (κ2) is 7.77. The summed E-state index contributed by atoms with van der Waals surface area (Å²) >= 11 is 0. The van der Waals surface area contributed by atoms with Crippen molar-refractivity contribution in [2.75, 3.05) is 19.6 Å². The Labute approximate surface area is 173 Å². The van der Waals surface area contributed by atoms with Crippen LogP contribution >= 0.6 is 0 Å². The van der Waals surface area contributed by atoms with Crippen molar-refractivity contribution in [3.05, 3.63) is 12.2 Å². The fourth-order valence-electron chi connectivity index (χ4n) is 6.41. The van der Waals surface area contributed by atoms with Crippen LogP contribution in [0.3, 0.4) is 0 Å². The second-order valence-corrected chi connectivity index (χ2v) is 9.64. The quantitative estimate of drug-likeness (QED) is 0.312. The SMILES string of the molecule is CCNC(=NCCN1C(=O)C2C3C=CC(C3)C2C1=O)NC1CC1C1CCCCC1. The van der Waals surface area contributed by atoms with E-state index in [4.69, 9.17) is 0 Å². The van der Waals surface area contributed by atoms with Gasteiger partial charge in [-0.2, -0.15) is 0 Å². The third kappa shape index (κ3) is 3.49. The van der Waals surface area contributed by atoms with E-state index in [1.165, 1.54) is 43.4 Å². The maximum atomic E-state index is 12.8. The van der Waals surface area contributed by atoms with Crippen molar-refractivity contribution < 1.29 is 9.59 Å². The molecule has 6 nitrogen and oxygen atoms in total. The highest BCUT2D eigenvalue weighted by Crippen LogP contribution is 2.52. The topological polar surface area (TPSA) is 73.8 Å². The van der Waals surface area contributed by atoms with Crippen LogP contribution < -0.4 is 10.6 Å². The molecule has 3 saturated carbocycles. The van der Waals surface area contributed by atoms with E-state index in [1.54, 1.807) is 0 Å². The number of carbonyl (C=O) groups excluding carboxylic acids is 2. The number of rotatable bonds is 6. The summed E-state index contributed by atoms with van der Waals surface area (Å²) in [5.41, 5.74) is 0. The molecule has 4 fully saturated rings. The van der Waals surface area contributed by atoms with Gasteiger partial charge in [0, 0.05) is 19.1 Å². The summed E-state index contributed by atoms with van der Waals surface area (Å²) in [7, 11) is 0. The predicted molar refractivity (Wildman–Crippen MR) is 112 cm³/mol. The number of hydrogen-bond acceptors (Lipinski definition) is 3. The highest BCUT2D eigenvalue weighted by atomic mass is 16.2. The molecule has 6 unspecified atom stereocenters. The number of nitrogens with one attached hydrogen (secondary N) is 2. The third-order valence-corrected chi connectivity index (χ3v) is 7.92. The van der Waals surface area contributed by atoms with Gasteiger partial charge in [0.2, 0.25) is 11.8 Å². The van der Waals surface area contributed by atoms with Crippen LogP contribution in [0.5, 0.6) is 0 Å². The molecule has 5 aliphatic rings. The molecule has 2 bridgehead atoms. The normalized spacial score (nSPS) is 38.7. The zero-order valence-corrected chi connectivity index (χ0v) is 17.5. The average molecular weight is 399 g/mol. The zero-order valence-electron chi connectivity index (χ0n) is 17.5. The van der Waals surface area contributed by atoms with Crippen molar-refractivity contribution in [2.45, 2.75) is 57.9 Å². The van der Waals surface area contributed by atoms with Gasteiger partial charge in [0.15, 0.2) is 5.96 Å². The first kappa shape index (κ1) is 19.1. The Balaban J connectivity index is 1.15. The maximum Gasteiger partial charge on any atom is 0.233 e. The molecule has 0 aromatic carbocycles. The summed E-state index contributed by atoms with van der Waals surface area (Å²) in [6, 6.07) is 0.534. The van der Waals surface area contributed by atoms with Gasteiger partial charge in [-0.1, -0.05) is 44.3 Å². The van der Waals surface area contributed by atoms with Crippen molar-refractivity contribution >= 4 is 17.8 Å². The molecule has 1 heterocycles. The molecule has 1 saturated heterocycles. The van der Waals surface area contributed by atoms with E-state index < -0.39 is 0 Å². The Morgan fingerprint density at radius 3 is 2.41 bits per heavy atom. The van der Waals surface area contributed by atoms with Crippen LogP contribution in [-0.2, 0) is 9.59 Å². The summed E-state index contributed by atoms with van der Waals surface area (Å²) in [5, 5.41) is 6.92. The van der Waals surface area contributed by atoms with Gasteiger partial charge in [0.05, 0.1) is 18.4 Å². The predicted octanol–water partition coefficient (Wildman–Crippen LogP) is 2.32. The highest BCUT2D eigenvalue weighted by Gasteiger charge is 2.59. The number of allylic oxidation sites excluding steroid dienone is 2. The number of hydrogen-bond donors (Lipinski definition) is 2. The molecule has 1 aliphatic heterocycles. The van der Waals surface area contributed by atoms with Gasteiger partial charge in [-0.15, -0.1) is 0 Å². The van der Waals surface area contributed by atoms with Crippen LogP contribution in [0.1, 0.15) is 51.9 Å². The standard InChI is InChI=1S/C23H34N4O2/c1-2-24-23(26-18-13-17(18)14-6-4-3-5-7-14)25-10-11-27-21(28)19-15-8-9-16(12-15)20(19)22(27)29/h8-9,14-20H,2-7,10-13H2,1H3,(H2,24,25,26). The molecule has 4 aliphatic carbocycles. The van der Waals surface area contributed by atoms with E-state index in [2.05, 4.69) is 34.7 Å². The highest BCUT2D eigenvalue weighted by molar-refractivity contribution is 6.06. The van der Waals surface area contributed by atoms with Crippen molar-refractivity contribution in [1.82, 2.24) is 15.5 Å². The Kier molecular flexibility index (Phi) is 5.12. The van der Waals surface area contributed by atoms with Crippen LogP contribution in [0.2, 0.25) is 0 Å². The van der Waals surface area contributed by atoms with Gasteiger partial charge >= 0.3 is 0 Å². The minimum absolute atomic E-state index is 0.0320. The Morgan fingerprint density at radius 1 is 1.07 bits per heavy atom. The first-order valence-electron chi connectivity index (χ1n) is 11.8. The summed E-state index contributed by atoms with van der Waals surface area (Å²) in [4.78, 5) is 31.7. The number of imide groups is 1. The Hall–Kier alpha value is -1.85. The number of guanidine groups is 1.